The van der Waals surface area contributed by atoms with E-state index in [2.05, 4.69) is 38.0 Å². The summed E-state index contributed by atoms with van der Waals surface area (Å²) in [5, 5.41) is 3.61. The molecular formula is C26H24F3N5O. The molecule has 1 N–H and O–H groups in total. The number of hydrogen-bond acceptors (Lipinski definition) is 4. The monoisotopic (exact) mass is 479 g/mol. The van der Waals surface area contributed by atoms with E-state index in [1.807, 2.05) is 12.1 Å². The third kappa shape index (κ3) is 4.77. The van der Waals surface area contributed by atoms with Crippen LogP contribution in [0.15, 0.2) is 67.1 Å². The van der Waals surface area contributed by atoms with Crippen molar-refractivity contribution in [1.29, 1.82) is 0 Å². The molecule has 0 saturated carbocycles. The largest absolute Gasteiger partial charge is 0.416 e. The highest BCUT2D eigenvalue weighted by Gasteiger charge is 2.31. The lowest BCUT2D eigenvalue weighted by Crippen LogP contribution is -2.31. The number of nitrogens with zero attached hydrogens (tertiary/aromatic N) is 4. The maximum atomic E-state index is 13.0. The molecule has 2 aromatic heterocycles. The second-order valence-electron chi connectivity index (χ2n) is 8.83. The molecule has 1 amide bonds. The minimum Gasteiger partial charge on any atom is -0.329 e. The smallest absolute Gasteiger partial charge is 0.329 e. The van der Waals surface area contributed by atoms with E-state index in [-0.39, 0.29) is 5.56 Å². The van der Waals surface area contributed by atoms with Crippen molar-refractivity contribution >= 4 is 22.6 Å². The molecule has 0 bridgehead atoms. The highest BCUT2D eigenvalue weighted by Crippen LogP contribution is 2.32. The number of halogens is 3. The molecule has 9 heteroatoms. The summed E-state index contributed by atoms with van der Waals surface area (Å²) in [4.78, 5) is 24.0. The van der Waals surface area contributed by atoms with Crippen LogP contribution in [0.2, 0.25) is 0 Å². The van der Waals surface area contributed by atoms with Gasteiger partial charge in [-0.25, -0.2) is 9.97 Å². The van der Waals surface area contributed by atoms with Gasteiger partial charge in [-0.15, -0.1) is 0 Å². The van der Waals surface area contributed by atoms with Crippen molar-refractivity contribution in [2.45, 2.75) is 25.1 Å². The zero-order valence-corrected chi connectivity index (χ0v) is 19.1. The number of anilines is 1. The molecule has 3 heterocycles. The highest BCUT2D eigenvalue weighted by atomic mass is 19.4. The summed E-state index contributed by atoms with van der Waals surface area (Å²) in [6.45, 7) is 2.08. The van der Waals surface area contributed by atoms with Crippen LogP contribution >= 0.6 is 0 Å². The molecule has 1 aliphatic rings. The van der Waals surface area contributed by atoms with Crippen LogP contribution in [0, 0.1) is 0 Å². The van der Waals surface area contributed by atoms with Crippen molar-refractivity contribution < 1.29 is 18.0 Å². The molecule has 2 aromatic carbocycles. The number of nitrogens with one attached hydrogen (secondary N) is 1. The van der Waals surface area contributed by atoms with Gasteiger partial charge < -0.3 is 14.8 Å². The van der Waals surface area contributed by atoms with Gasteiger partial charge >= 0.3 is 6.18 Å². The Morgan fingerprint density at radius 3 is 2.57 bits per heavy atom. The number of piperidine rings is 1. The lowest BCUT2D eigenvalue weighted by molar-refractivity contribution is -0.137. The Labute approximate surface area is 200 Å². The lowest BCUT2D eigenvalue weighted by Gasteiger charge is -2.30. The van der Waals surface area contributed by atoms with E-state index < -0.39 is 17.6 Å². The number of likely N-dealkylation sites (tertiary alicyclic amines) is 1. The Bertz CT molecular complexity index is 1370. The van der Waals surface area contributed by atoms with E-state index in [1.54, 1.807) is 18.2 Å². The summed E-state index contributed by atoms with van der Waals surface area (Å²) in [5.74, 6) is -0.616. The minimum absolute atomic E-state index is 0.0649. The van der Waals surface area contributed by atoms with Crippen LogP contribution < -0.4 is 5.32 Å². The number of carbonyl (C=O) groups excluding carboxylic acids is 1. The predicted molar refractivity (Wildman–Crippen MR) is 128 cm³/mol. The first kappa shape index (κ1) is 23.0. The van der Waals surface area contributed by atoms with Crippen molar-refractivity contribution in [1.82, 2.24) is 19.4 Å². The number of carbonyl (C=O) groups is 1. The topological polar surface area (TPSA) is 63.0 Å². The van der Waals surface area contributed by atoms with Crippen molar-refractivity contribution in [2.75, 3.05) is 25.5 Å². The average molecular weight is 480 g/mol. The Kier molecular flexibility index (Phi) is 6.02. The third-order valence-electron chi connectivity index (χ3n) is 6.44. The molecule has 35 heavy (non-hydrogen) atoms. The molecule has 5 rings (SSSR count). The van der Waals surface area contributed by atoms with Crippen LogP contribution in [0.3, 0.4) is 0 Å². The van der Waals surface area contributed by atoms with Crippen molar-refractivity contribution in [2.24, 2.45) is 0 Å². The summed E-state index contributed by atoms with van der Waals surface area (Å²) < 4.78 is 41.3. The van der Waals surface area contributed by atoms with Crippen molar-refractivity contribution in [3.8, 4) is 11.3 Å². The van der Waals surface area contributed by atoms with Crippen LogP contribution in [0.1, 0.15) is 34.8 Å². The molecule has 0 spiro atoms. The number of alkyl halides is 3. The maximum absolute atomic E-state index is 13.0. The fraction of sp³-hybridized carbons (Fsp3) is 0.269. The predicted octanol–water partition coefficient (Wildman–Crippen LogP) is 5.64. The lowest BCUT2D eigenvalue weighted by atomic mass is 10.1. The van der Waals surface area contributed by atoms with Gasteiger partial charge in [0.15, 0.2) is 0 Å². The summed E-state index contributed by atoms with van der Waals surface area (Å²) >= 11 is 0. The summed E-state index contributed by atoms with van der Waals surface area (Å²) in [6, 6.07) is 13.9. The fourth-order valence-corrected chi connectivity index (χ4v) is 4.55. The molecule has 1 saturated heterocycles. The van der Waals surface area contributed by atoms with Gasteiger partial charge in [0.05, 0.1) is 11.3 Å². The fourth-order valence-electron chi connectivity index (χ4n) is 4.55. The van der Waals surface area contributed by atoms with Crippen LogP contribution in [0.25, 0.3) is 22.3 Å². The van der Waals surface area contributed by atoms with E-state index in [0.717, 1.165) is 60.4 Å². The van der Waals surface area contributed by atoms with Gasteiger partial charge in [0, 0.05) is 34.4 Å². The van der Waals surface area contributed by atoms with E-state index >= 15 is 0 Å². The summed E-state index contributed by atoms with van der Waals surface area (Å²) in [5.41, 5.74) is 1.91. The first-order valence-corrected chi connectivity index (χ1v) is 11.4. The third-order valence-corrected chi connectivity index (χ3v) is 6.44. The van der Waals surface area contributed by atoms with Gasteiger partial charge in [-0.1, -0.05) is 18.2 Å². The molecular weight excluding hydrogens is 455 g/mol. The van der Waals surface area contributed by atoms with E-state index in [4.69, 9.17) is 0 Å². The number of benzene rings is 2. The molecule has 6 nitrogen and oxygen atoms in total. The SMILES string of the molecule is CN1CCC(n2ccc3c(-c4cccc(NC(=O)c5cccc(C(F)(F)F)c5)c4)ncnc32)CC1. The second kappa shape index (κ2) is 9.14. The van der Waals surface area contributed by atoms with Gasteiger partial charge in [0.1, 0.15) is 12.0 Å². The average Bonchev–Trinajstić information content (AvgIpc) is 3.28. The Morgan fingerprint density at radius 1 is 1.03 bits per heavy atom. The number of fused-ring (bicyclic) bond motifs is 1. The quantitative estimate of drug-likeness (QED) is 0.412. The first-order chi connectivity index (χ1) is 16.8. The van der Waals surface area contributed by atoms with Crippen LogP contribution in [-0.2, 0) is 6.18 Å². The second-order valence-corrected chi connectivity index (χ2v) is 8.83. The zero-order chi connectivity index (χ0) is 24.6. The van der Waals surface area contributed by atoms with Gasteiger partial charge in [-0.3, -0.25) is 4.79 Å². The number of hydrogen-bond donors (Lipinski definition) is 1. The number of aromatic nitrogens is 3. The van der Waals surface area contributed by atoms with Crippen molar-refractivity contribution in [3.05, 3.63) is 78.2 Å². The van der Waals surface area contributed by atoms with E-state index in [1.165, 1.54) is 18.5 Å². The molecule has 0 aliphatic carbocycles. The minimum atomic E-state index is -4.52. The molecule has 0 radical (unpaired) electrons. The number of amides is 1. The van der Waals surface area contributed by atoms with Crippen LogP contribution in [0.5, 0.6) is 0 Å². The Hall–Kier alpha value is -3.72. The summed E-state index contributed by atoms with van der Waals surface area (Å²) in [6.07, 6.45) is 1.18. The Morgan fingerprint density at radius 2 is 1.80 bits per heavy atom. The summed E-state index contributed by atoms with van der Waals surface area (Å²) in [7, 11) is 2.13. The van der Waals surface area contributed by atoms with Gasteiger partial charge in [-0.05, 0) is 69.4 Å². The highest BCUT2D eigenvalue weighted by molar-refractivity contribution is 6.04. The van der Waals surface area contributed by atoms with Crippen LogP contribution in [0.4, 0.5) is 18.9 Å². The van der Waals surface area contributed by atoms with Gasteiger partial charge in [0.2, 0.25) is 0 Å². The first-order valence-electron chi connectivity index (χ1n) is 11.4. The molecule has 0 unspecified atom stereocenters. The molecule has 1 fully saturated rings. The zero-order valence-electron chi connectivity index (χ0n) is 19.1. The molecule has 4 aromatic rings. The molecule has 180 valence electrons. The standard InChI is InChI=1S/C26H24F3N5O/c1-33-11-8-21(9-12-33)34-13-10-22-23(30-16-31-24(22)34)17-4-3-7-20(15-17)32-25(35)18-5-2-6-19(14-18)26(27,28)29/h2-7,10,13-16,21H,8-9,11-12H2,1H3,(H,32,35). The van der Waals surface area contributed by atoms with Gasteiger partial charge in [0.25, 0.3) is 5.91 Å². The molecule has 1 aliphatic heterocycles. The van der Waals surface area contributed by atoms with Crippen LogP contribution in [-0.4, -0.2) is 45.5 Å². The van der Waals surface area contributed by atoms with E-state index in [0.29, 0.717) is 11.7 Å². The Balaban J connectivity index is 1.41. The van der Waals surface area contributed by atoms with Crippen molar-refractivity contribution in [3.63, 3.8) is 0 Å². The van der Waals surface area contributed by atoms with E-state index in [9.17, 15) is 18.0 Å². The number of rotatable bonds is 4. The normalized spacial score (nSPS) is 15.4. The maximum Gasteiger partial charge on any atom is 0.416 e. The molecule has 0 atom stereocenters. The van der Waals surface area contributed by atoms with Gasteiger partial charge in [-0.2, -0.15) is 13.2 Å².